The minimum atomic E-state index is -1.27. The van der Waals surface area contributed by atoms with Crippen molar-refractivity contribution in [3.63, 3.8) is 0 Å². The van der Waals surface area contributed by atoms with E-state index in [2.05, 4.69) is 10.3 Å². The van der Waals surface area contributed by atoms with Crippen LogP contribution in [0.25, 0.3) is 6.08 Å². The maximum Gasteiger partial charge on any atom is 0.339 e. The molecule has 1 heterocycles. The summed E-state index contributed by atoms with van der Waals surface area (Å²) in [5, 5.41) is 30.2. The molecule has 128 valence electrons. The Morgan fingerprint density at radius 3 is 2.62 bits per heavy atom. The Hall–Kier alpha value is -3.57. The number of hydrogen-bond donors (Lipinski definition) is 3. The van der Waals surface area contributed by atoms with Crippen LogP contribution in [0.4, 0.5) is 5.69 Å². The Bertz CT molecular complexity index is 1000. The van der Waals surface area contributed by atoms with Gasteiger partial charge in [-0.2, -0.15) is 5.26 Å². The maximum absolute atomic E-state index is 12.1. The van der Waals surface area contributed by atoms with E-state index in [0.717, 1.165) is 17.3 Å². The zero-order chi connectivity index (χ0) is 18.7. The first-order chi connectivity index (χ1) is 12.5. The molecule has 1 aliphatic heterocycles. The molecule has 0 bridgehead atoms. The smallest absolute Gasteiger partial charge is 0.339 e. The average molecular weight is 365 g/mol. The number of aromatic hydroxyl groups is 1. The number of thioether (sulfide) groups is 1. The highest BCUT2D eigenvalue weighted by atomic mass is 32.2. The van der Waals surface area contributed by atoms with Gasteiger partial charge in [-0.05, 0) is 53.7 Å². The highest BCUT2D eigenvalue weighted by molar-refractivity contribution is 8.18. The van der Waals surface area contributed by atoms with Crippen LogP contribution in [0.3, 0.4) is 0 Å². The molecule has 0 radical (unpaired) electrons. The lowest BCUT2D eigenvalue weighted by Gasteiger charge is -2.01. The molecule has 3 rings (SSSR count). The second-order valence-electron chi connectivity index (χ2n) is 5.22. The Labute approximate surface area is 152 Å². The van der Waals surface area contributed by atoms with E-state index in [9.17, 15) is 14.7 Å². The van der Waals surface area contributed by atoms with Crippen molar-refractivity contribution in [2.45, 2.75) is 0 Å². The van der Waals surface area contributed by atoms with Gasteiger partial charge in [0, 0.05) is 0 Å². The van der Waals surface area contributed by atoms with Crippen molar-refractivity contribution in [2.75, 3.05) is 0 Å². The topological polar surface area (TPSA) is 123 Å². The molecule has 1 saturated heterocycles. The molecule has 1 fully saturated rings. The average Bonchev–Trinajstić information content (AvgIpc) is 2.96. The summed E-state index contributed by atoms with van der Waals surface area (Å²) in [6.07, 6.45) is 1.67. The molecule has 0 atom stereocenters. The quantitative estimate of drug-likeness (QED) is 0.719. The SMILES string of the molecule is N#Cc1ccc(/C=C2\SC(=Nc3ccc(O)c(C(=O)O)c3)NC2=O)cc1. The number of carbonyl (C=O) groups excluding carboxylic acids is 1. The summed E-state index contributed by atoms with van der Waals surface area (Å²) < 4.78 is 0. The van der Waals surface area contributed by atoms with Crippen molar-refractivity contribution in [3.05, 3.63) is 64.1 Å². The highest BCUT2D eigenvalue weighted by Crippen LogP contribution is 2.29. The van der Waals surface area contributed by atoms with Gasteiger partial charge < -0.3 is 15.5 Å². The summed E-state index contributed by atoms with van der Waals surface area (Å²) in [5.41, 5.74) is 1.32. The van der Waals surface area contributed by atoms with E-state index in [1.165, 1.54) is 18.2 Å². The second-order valence-corrected chi connectivity index (χ2v) is 6.25. The van der Waals surface area contributed by atoms with Crippen molar-refractivity contribution >= 4 is 40.6 Å². The van der Waals surface area contributed by atoms with Gasteiger partial charge in [-0.25, -0.2) is 9.79 Å². The third-order valence-corrected chi connectivity index (χ3v) is 4.34. The fourth-order valence-electron chi connectivity index (χ4n) is 2.17. The van der Waals surface area contributed by atoms with Crippen molar-refractivity contribution in [1.82, 2.24) is 5.32 Å². The van der Waals surface area contributed by atoms with E-state index in [1.807, 2.05) is 6.07 Å². The molecule has 0 unspecified atom stereocenters. The molecule has 8 heteroatoms. The van der Waals surface area contributed by atoms with Gasteiger partial charge in [0.05, 0.1) is 22.2 Å². The largest absolute Gasteiger partial charge is 0.507 e. The van der Waals surface area contributed by atoms with Gasteiger partial charge in [-0.1, -0.05) is 12.1 Å². The van der Waals surface area contributed by atoms with Gasteiger partial charge in [-0.15, -0.1) is 0 Å². The molecule has 0 aliphatic carbocycles. The van der Waals surface area contributed by atoms with Gasteiger partial charge >= 0.3 is 5.97 Å². The van der Waals surface area contributed by atoms with Gasteiger partial charge in [-0.3, -0.25) is 4.79 Å². The van der Waals surface area contributed by atoms with Gasteiger partial charge in [0.1, 0.15) is 11.3 Å². The van der Waals surface area contributed by atoms with Crippen molar-refractivity contribution in [1.29, 1.82) is 5.26 Å². The van der Waals surface area contributed by atoms with Crippen LogP contribution in [0.2, 0.25) is 0 Å². The molecule has 2 aromatic carbocycles. The zero-order valence-electron chi connectivity index (χ0n) is 13.1. The van der Waals surface area contributed by atoms with Gasteiger partial charge in [0.2, 0.25) is 0 Å². The molecular formula is C18H11N3O4S. The number of aliphatic imine (C=N–C) groups is 1. The monoisotopic (exact) mass is 365 g/mol. The number of nitrogens with one attached hydrogen (secondary N) is 1. The molecule has 3 N–H and O–H groups in total. The molecule has 0 aromatic heterocycles. The van der Waals surface area contributed by atoms with E-state index in [0.29, 0.717) is 21.3 Å². The van der Waals surface area contributed by atoms with Crippen LogP contribution in [0, 0.1) is 11.3 Å². The van der Waals surface area contributed by atoms with E-state index in [-0.39, 0.29) is 17.2 Å². The lowest BCUT2D eigenvalue weighted by molar-refractivity contribution is -0.115. The zero-order valence-corrected chi connectivity index (χ0v) is 13.9. The minimum Gasteiger partial charge on any atom is -0.507 e. The number of rotatable bonds is 3. The number of carboxylic acids is 1. The third kappa shape index (κ3) is 3.74. The lowest BCUT2D eigenvalue weighted by Crippen LogP contribution is -2.19. The maximum atomic E-state index is 12.1. The van der Waals surface area contributed by atoms with E-state index >= 15 is 0 Å². The summed E-state index contributed by atoms with van der Waals surface area (Å²) in [5.74, 6) is -1.95. The highest BCUT2D eigenvalue weighted by Gasteiger charge is 2.24. The number of hydrogen-bond acceptors (Lipinski definition) is 6. The predicted octanol–water partition coefficient (Wildman–Crippen LogP) is 2.85. The van der Waals surface area contributed by atoms with Crippen molar-refractivity contribution in [3.8, 4) is 11.8 Å². The van der Waals surface area contributed by atoms with Crippen LogP contribution in [0.15, 0.2) is 52.4 Å². The third-order valence-electron chi connectivity index (χ3n) is 3.43. The molecule has 2 aromatic rings. The number of phenols is 1. The van der Waals surface area contributed by atoms with E-state index < -0.39 is 5.97 Å². The van der Waals surface area contributed by atoms with E-state index in [4.69, 9.17) is 10.4 Å². The summed E-state index contributed by atoms with van der Waals surface area (Å²) in [7, 11) is 0. The Morgan fingerprint density at radius 2 is 1.96 bits per heavy atom. The molecule has 1 amide bonds. The minimum absolute atomic E-state index is 0.269. The Kier molecular flexibility index (Phi) is 4.73. The van der Waals surface area contributed by atoms with E-state index in [1.54, 1.807) is 30.3 Å². The summed E-state index contributed by atoms with van der Waals surface area (Å²) in [6, 6.07) is 12.7. The molecule has 7 nitrogen and oxygen atoms in total. The number of benzene rings is 2. The summed E-state index contributed by atoms with van der Waals surface area (Å²) in [6.45, 7) is 0. The van der Waals surface area contributed by atoms with Crippen LogP contribution < -0.4 is 5.32 Å². The second kappa shape index (κ2) is 7.13. The summed E-state index contributed by atoms with van der Waals surface area (Å²) in [4.78, 5) is 27.7. The molecular weight excluding hydrogens is 354 g/mol. The number of carboxylic acid groups (broad SMARTS) is 1. The number of aromatic carboxylic acids is 1. The number of nitrogens with zero attached hydrogens (tertiary/aromatic N) is 2. The number of nitriles is 1. The van der Waals surface area contributed by atoms with Crippen molar-refractivity contribution < 1.29 is 19.8 Å². The van der Waals surface area contributed by atoms with Crippen LogP contribution in [0.1, 0.15) is 21.5 Å². The molecule has 0 saturated carbocycles. The Balaban J connectivity index is 1.84. The molecule has 26 heavy (non-hydrogen) atoms. The molecule has 0 spiro atoms. The first-order valence-electron chi connectivity index (χ1n) is 7.32. The standard InChI is InChI=1S/C18H11N3O4S/c19-9-11-3-1-10(2-4-11)7-15-16(23)21-18(26-15)20-12-5-6-14(22)13(8-12)17(24)25/h1-8,22H,(H,24,25)(H,20,21,23)/b15-7-. The van der Waals surface area contributed by atoms with Crippen LogP contribution in [-0.2, 0) is 4.79 Å². The Morgan fingerprint density at radius 1 is 1.23 bits per heavy atom. The lowest BCUT2D eigenvalue weighted by atomic mass is 10.1. The first-order valence-corrected chi connectivity index (χ1v) is 8.14. The van der Waals surface area contributed by atoms with Gasteiger partial charge in [0.25, 0.3) is 5.91 Å². The number of amidine groups is 1. The summed E-state index contributed by atoms with van der Waals surface area (Å²) >= 11 is 1.11. The number of amides is 1. The number of carbonyl (C=O) groups is 2. The first kappa shape index (κ1) is 17.3. The van der Waals surface area contributed by atoms with Crippen molar-refractivity contribution in [2.24, 2.45) is 4.99 Å². The van der Waals surface area contributed by atoms with Gasteiger partial charge in [0.15, 0.2) is 5.17 Å². The normalized spacial score (nSPS) is 16.5. The predicted molar refractivity (Wildman–Crippen MR) is 97.0 cm³/mol. The molecule has 1 aliphatic rings. The van der Waals surface area contributed by atoms with Crippen LogP contribution >= 0.6 is 11.8 Å². The van der Waals surface area contributed by atoms with Crippen LogP contribution in [0.5, 0.6) is 5.75 Å². The fraction of sp³-hybridized carbons (Fsp3) is 0. The fourth-order valence-corrected chi connectivity index (χ4v) is 3.01. The van der Waals surface area contributed by atoms with Crippen LogP contribution in [-0.4, -0.2) is 27.3 Å².